The smallest absolute Gasteiger partial charge is 0.275 e. The number of nitrogens with zero attached hydrogens (tertiary/aromatic N) is 2. The van der Waals surface area contributed by atoms with Gasteiger partial charge in [0.15, 0.2) is 0 Å². The fourth-order valence-electron chi connectivity index (χ4n) is 3.42. The Hall–Kier alpha value is -1.85. The number of rotatable bonds is 3. The Kier molecular flexibility index (Phi) is 3.94. The molecule has 1 aromatic heterocycles. The standard InChI is InChI=1S/C15H22N4O2/c1-2-5-10-8-12(18-17-10)15(21)19-9-14(20)16-11-6-3-4-7-13(11)19/h8,11,13H,2-7,9H2,1H3,(H,16,20)(H,17,18)/t11-,13+/m1/s1. The van der Waals surface area contributed by atoms with E-state index in [4.69, 9.17) is 0 Å². The van der Waals surface area contributed by atoms with Crippen LogP contribution in [0.2, 0.25) is 0 Å². The van der Waals surface area contributed by atoms with Crippen LogP contribution in [-0.4, -0.2) is 45.5 Å². The van der Waals surface area contributed by atoms with Crippen molar-refractivity contribution >= 4 is 11.8 Å². The lowest BCUT2D eigenvalue weighted by atomic mass is 9.87. The zero-order chi connectivity index (χ0) is 14.8. The van der Waals surface area contributed by atoms with E-state index in [1.54, 1.807) is 4.90 Å². The van der Waals surface area contributed by atoms with Gasteiger partial charge in [-0.3, -0.25) is 14.7 Å². The molecule has 2 aliphatic rings. The van der Waals surface area contributed by atoms with Crippen LogP contribution < -0.4 is 5.32 Å². The minimum Gasteiger partial charge on any atom is -0.350 e. The molecule has 0 unspecified atom stereocenters. The van der Waals surface area contributed by atoms with Gasteiger partial charge in [0.1, 0.15) is 12.2 Å². The summed E-state index contributed by atoms with van der Waals surface area (Å²) in [6, 6.07) is 2.05. The van der Waals surface area contributed by atoms with E-state index in [1.165, 1.54) is 0 Å². The molecule has 0 bridgehead atoms. The number of amides is 2. The van der Waals surface area contributed by atoms with E-state index in [2.05, 4.69) is 22.4 Å². The number of fused-ring (bicyclic) bond motifs is 1. The van der Waals surface area contributed by atoms with Crippen LogP contribution >= 0.6 is 0 Å². The van der Waals surface area contributed by atoms with Gasteiger partial charge in [-0.15, -0.1) is 0 Å². The first-order valence-electron chi connectivity index (χ1n) is 7.83. The average molecular weight is 290 g/mol. The van der Waals surface area contributed by atoms with Gasteiger partial charge in [-0.1, -0.05) is 26.2 Å². The Morgan fingerprint density at radius 1 is 1.43 bits per heavy atom. The molecule has 1 aliphatic carbocycles. The summed E-state index contributed by atoms with van der Waals surface area (Å²) in [5, 5.41) is 10.1. The van der Waals surface area contributed by atoms with Crippen LogP contribution in [0, 0.1) is 0 Å². The summed E-state index contributed by atoms with van der Waals surface area (Å²) >= 11 is 0. The van der Waals surface area contributed by atoms with Gasteiger partial charge in [0.2, 0.25) is 5.91 Å². The van der Waals surface area contributed by atoms with E-state index >= 15 is 0 Å². The lowest BCUT2D eigenvalue weighted by Gasteiger charge is -2.43. The molecule has 2 fully saturated rings. The second-order valence-corrected chi connectivity index (χ2v) is 5.99. The summed E-state index contributed by atoms with van der Waals surface area (Å²) in [6.07, 6.45) is 6.04. The minimum absolute atomic E-state index is 0.0594. The van der Waals surface area contributed by atoms with Crippen molar-refractivity contribution in [1.82, 2.24) is 20.4 Å². The van der Waals surface area contributed by atoms with Gasteiger partial charge in [0, 0.05) is 11.7 Å². The topological polar surface area (TPSA) is 78.1 Å². The first-order valence-corrected chi connectivity index (χ1v) is 7.83. The third-order valence-corrected chi connectivity index (χ3v) is 4.42. The fraction of sp³-hybridized carbons (Fsp3) is 0.667. The SMILES string of the molecule is CCCc1cc(C(=O)N2CC(=O)N[C@@H]3CCCC[C@@H]32)n[nH]1. The number of aromatic amines is 1. The Labute approximate surface area is 124 Å². The van der Waals surface area contributed by atoms with Crippen molar-refractivity contribution in [2.75, 3.05) is 6.54 Å². The molecule has 1 saturated heterocycles. The van der Waals surface area contributed by atoms with Crippen molar-refractivity contribution in [1.29, 1.82) is 0 Å². The van der Waals surface area contributed by atoms with E-state index in [1.807, 2.05) is 6.07 Å². The highest BCUT2D eigenvalue weighted by Crippen LogP contribution is 2.26. The number of hydrogen-bond acceptors (Lipinski definition) is 3. The molecule has 6 heteroatoms. The Bertz CT molecular complexity index is 540. The van der Waals surface area contributed by atoms with Crippen molar-refractivity contribution in [2.45, 2.75) is 57.5 Å². The van der Waals surface area contributed by atoms with Gasteiger partial charge >= 0.3 is 0 Å². The molecule has 2 atom stereocenters. The van der Waals surface area contributed by atoms with E-state index < -0.39 is 0 Å². The van der Waals surface area contributed by atoms with Crippen molar-refractivity contribution < 1.29 is 9.59 Å². The number of aryl methyl sites for hydroxylation is 1. The van der Waals surface area contributed by atoms with Gasteiger partial charge in [0.25, 0.3) is 5.91 Å². The number of hydrogen-bond donors (Lipinski definition) is 2. The van der Waals surface area contributed by atoms with Crippen molar-refractivity contribution in [3.05, 3.63) is 17.5 Å². The van der Waals surface area contributed by atoms with Crippen LogP contribution in [0.15, 0.2) is 6.07 Å². The summed E-state index contributed by atoms with van der Waals surface area (Å²) < 4.78 is 0. The third-order valence-electron chi connectivity index (χ3n) is 4.42. The molecular weight excluding hydrogens is 268 g/mol. The van der Waals surface area contributed by atoms with Crippen molar-refractivity contribution in [2.24, 2.45) is 0 Å². The van der Waals surface area contributed by atoms with Crippen LogP contribution in [0.1, 0.15) is 55.2 Å². The van der Waals surface area contributed by atoms with Crippen LogP contribution in [0.4, 0.5) is 0 Å². The first-order chi connectivity index (χ1) is 10.2. The number of carbonyl (C=O) groups excluding carboxylic acids is 2. The molecule has 114 valence electrons. The van der Waals surface area contributed by atoms with E-state index in [9.17, 15) is 9.59 Å². The number of nitrogens with one attached hydrogen (secondary N) is 2. The van der Waals surface area contributed by atoms with Crippen LogP contribution in [0.5, 0.6) is 0 Å². The maximum atomic E-state index is 12.7. The van der Waals surface area contributed by atoms with Gasteiger partial charge in [-0.25, -0.2) is 0 Å². The van der Waals surface area contributed by atoms with Crippen LogP contribution in [0.25, 0.3) is 0 Å². The minimum atomic E-state index is -0.125. The Morgan fingerprint density at radius 2 is 2.24 bits per heavy atom. The molecule has 21 heavy (non-hydrogen) atoms. The summed E-state index contributed by atoms with van der Waals surface area (Å²) in [7, 11) is 0. The quantitative estimate of drug-likeness (QED) is 0.879. The number of aromatic nitrogens is 2. The highest BCUT2D eigenvalue weighted by molar-refractivity contribution is 5.96. The largest absolute Gasteiger partial charge is 0.350 e. The highest BCUT2D eigenvalue weighted by Gasteiger charge is 2.39. The molecule has 6 nitrogen and oxygen atoms in total. The van der Waals surface area contributed by atoms with E-state index in [0.717, 1.165) is 44.2 Å². The number of carbonyl (C=O) groups is 2. The van der Waals surface area contributed by atoms with Crippen molar-refractivity contribution in [3.63, 3.8) is 0 Å². The highest BCUT2D eigenvalue weighted by atomic mass is 16.2. The Balaban J connectivity index is 1.79. The third kappa shape index (κ3) is 2.80. The number of piperazine rings is 1. The van der Waals surface area contributed by atoms with E-state index in [-0.39, 0.29) is 30.4 Å². The second-order valence-electron chi connectivity index (χ2n) is 5.99. The molecule has 2 heterocycles. The molecule has 1 aromatic rings. The summed E-state index contributed by atoms with van der Waals surface area (Å²) in [6.45, 7) is 2.24. The van der Waals surface area contributed by atoms with E-state index in [0.29, 0.717) is 5.69 Å². The normalized spacial score (nSPS) is 25.4. The number of H-pyrrole nitrogens is 1. The molecule has 0 radical (unpaired) electrons. The second kappa shape index (κ2) is 5.87. The first kappa shape index (κ1) is 14.1. The summed E-state index contributed by atoms with van der Waals surface area (Å²) in [5.41, 5.74) is 1.40. The predicted octanol–water partition coefficient (Wildman–Crippen LogP) is 1.25. The predicted molar refractivity (Wildman–Crippen MR) is 77.8 cm³/mol. The molecule has 1 aliphatic heterocycles. The van der Waals surface area contributed by atoms with Gasteiger partial charge in [-0.05, 0) is 25.3 Å². The van der Waals surface area contributed by atoms with Gasteiger partial charge in [-0.2, -0.15) is 5.10 Å². The van der Waals surface area contributed by atoms with Gasteiger partial charge in [0.05, 0.1) is 6.04 Å². The molecule has 0 aromatic carbocycles. The molecule has 0 spiro atoms. The molecular formula is C15H22N4O2. The summed E-state index contributed by atoms with van der Waals surface area (Å²) in [4.78, 5) is 26.2. The zero-order valence-corrected chi connectivity index (χ0v) is 12.4. The maximum absolute atomic E-state index is 12.7. The average Bonchev–Trinajstić information content (AvgIpc) is 2.94. The zero-order valence-electron chi connectivity index (χ0n) is 12.4. The lowest BCUT2D eigenvalue weighted by Crippen LogP contribution is -2.62. The monoisotopic (exact) mass is 290 g/mol. The molecule has 3 rings (SSSR count). The van der Waals surface area contributed by atoms with Crippen LogP contribution in [0.3, 0.4) is 0 Å². The summed E-state index contributed by atoms with van der Waals surface area (Å²) in [5.74, 6) is -0.184. The molecule has 2 amide bonds. The molecule has 1 saturated carbocycles. The lowest BCUT2D eigenvalue weighted by molar-refractivity contribution is -0.127. The maximum Gasteiger partial charge on any atom is 0.275 e. The van der Waals surface area contributed by atoms with Crippen molar-refractivity contribution in [3.8, 4) is 0 Å². The fourth-order valence-corrected chi connectivity index (χ4v) is 3.42. The van der Waals surface area contributed by atoms with Crippen LogP contribution in [-0.2, 0) is 11.2 Å². The Morgan fingerprint density at radius 3 is 3.05 bits per heavy atom. The molecule has 2 N–H and O–H groups in total. The van der Waals surface area contributed by atoms with Gasteiger partial charge < -0.3 is 10.2 Å².